The van der Waals surface area contributed by atoms with Crippen LogP contribution >= 0.6 is 22.9 Å². The molecule has 3 nitrogen and oxygen atoms in total. The fourth-order valence-electron chi connectivity index (χ4n) is 1.90. The number of aryl methyl sites for hydroxylation is 1. The predicted octanol–water partition coefficient (Wildman–Crippen LogP) is 4.00. The Balaban J connectivity index is 2.35. The maximum absolute atomic E-state index is 6.01. The van der Waals surface area contributed by atoms with Crippen LogP contribution in [0.4, 0.5) is 5.82 Å². The van der Waals surface area contributed by atoms with E-state index in [1.54, 1.807) is 11.3 Å². The molecule has 0 saturated carbocycles. The molecule has 0 aromatic carbocycles. The molecule has 0 N–H and O–H groups in total. The van der Waals surface area contributed by atoms with E-state index in [2.05, 4.69) is 46.2 Å². The fraction of sp³-hybridized carbons (Fsp3) is 0.429. The van der Waals surface area contributed by atoms with Crippen molar-refractivity contribution >= 4 is 28.8 Å². The average molecular weight is 296 g/mol. The van der Waals surface area contributed by atoms with Crippen molar-refractivity contribution < 1.29 is 0 Å². The fourth-order valence-corrected chi connectivity index (χ4v) is 2.79. The van der Waals surface area contributed by atoms with Crippen LogP contribution in [-0.2, 0) is 12.4 Å². The van der Waals surface area contributed by atoms with Gasteiger partial charge >= 0.3 is 0 Å². The van der Waals surface area contributed by atoms with Crippen LogP contribution in [0.1, 0.15) is 30.1 Å². The highest BCUT2D eigenvalue weighted by Gasteiger charge is 2.17. The van der Waals surface area contributed by atoms with Gasteiger partial charge in [0.05, 0.1) is 12.4 Å². The highest BCUT2D eigenvalue weighted by molar-refractivity contribution is 7.09. The SMILES string of the molecule is Cc1ncc(CCl)c(N(Cc2cccs2)C(C)C)n1. The third-order valence-electron chi connectivity index (χ3n) is 2.91. The first-order valence-corrected chi connectivity index (χ1v) is 7.70. The van der Waals surface area contributed by atoms with Crippen LogP contribution in [-0.4, -0.2) is 16.0 Å². The van der Waals surface area contributed by atoms with E-state index in [4.69, 9.17) is 11.6 Å². The molecule has 0 bridgehead atoms. The molecule has 5 heteroatoms. The van der Waals surface area contributed by atoms with Gasteiger partial charge in [0, 0.05) is 22.7 Å². The van der Waals surface area contributed by atoms with Crippen molar-refractivity contribution in [1.82, 2.24) is 9.97 Å². The van der Waals surface area contributed by atoms with Gasteiger partial charge in [-0.2, -0.15) is 0 Å². The van der Waals surface area contributed by atoms with Gasteiger partial charge in [-0.05, 0) is 32.2 Å². The van der Waals surface area contributed by atoms with Gasteiger partial charge < -0.3 is 4.90 Å². The van der Waals surface area contributed by atoms with Crippen molar-refractivity contribution in [3.63, 3.8) is 0 Å². The average Bonchev–Trinajstić information content (AvgIpc) is 2.88. The van der Waals surface area contributed by atoms with Crippen LogP contribution in [0.5, 0.6) is 0 Å². The minimum absolute atomic E-state index is 0.360. The molecule has 102 valence electrons. The Bertz CT molecular complexity index is 525. The number of hydrogen-bond acceptors (Lipinski definition) is 4. The van der Waals surface area contributed by atoms with E-state index >= 15 is 0 Å². The number of aromatic nitrogens is 2. The molecular weight excluding hydrogens is 278 g/mol. The van der Waals surface area contributed by atoms with Gasteiger partial charge in [-0.3, -0.25) is 0 Å². The normalized spacial score (nSPS) is 11.0. The summed E-state index contributed by atoms with van der Waals surface area (Å²) < 4.78 is 0. The number of anilines is 1. The van der Waals surface area contributed by atoms with E-state index in [-0.39, 0.29) is 0 Å². The van der Waals surface area contributed by atoms with Crippen molar-refractivity contribution in [1.29, 1.82) is 0 Å². The minimum atomic E-state index is 0.360. The van der Waals surface area contributed by atoms with Crippen LogP contribution in [0.15, 0.2) is 23.7 Å². The molecule has 0 saturated heterocycles. The highest BCUT2D eigenvalue weighted by Crippen LogP contribution is 2.24. The Kier molecular flexibility index (Phi) is 4.77. The molecule has 0 radical (unpaired) electrons. The molecule has 0 fully saturated rings. The Morgan fingerprint density at radius 2 is 2.21 bits per heavy atom. The standard InChI is InChI=1S/C14H18ClN3S/c1-10(2)18(9-13-5-4-6-19-13)14-12(7-15)8-16-11(3)17-14/h4-6,8,10H,7,9H2,1-3H3. The monoisotopic (exact) mass is 295 g/mol. The van der Waals surface area contributed by atoms with Gasteiger partial charge in [0.2, 0.25) is 0 Å². The summed E-state index contributed by atoms with van der Waals surface area (Å²) in [6.07, 6.45) is 1.83. The van der Waals surface area contributed by atoms with E-state index in [0.717, 1.165) is 23.8 Å². The van der Waals surface area contributed by atoms with Gasteiger partial charge in [0.15, 0.2) is 0 Å². The second kappa shape index (κ2) is 6.35. The van der Waals surface area contributed by atoms with E-state index in [1.165, 1.54) is 4.88 Å². The molecule has 0 atom stereocenters. The van der Waals surface area contributed by atoms with E-state index in [9.17, 15) is 0 Å². The lowest BCUT2D eigenvalue weighted by atomic mass is 10.2. The molecule has 0 unspecified atom stereocenters. The maximum Gasteiger partial charge on any atom is 0.137 e. The molecule has 0 amide bonds. The zero-order chi connectivity index (χ0) is 13.8. The number of rotatable bonds is 5. The summed E-state index contributed by atoms with van der Waals surface area (Å²) in [6.45, 7) is 7.10. The van der Waals surface area contributed by atoms with Crippen LogP contribution < -0.4 is 4.90 Å². The van der Waals surface area contributed by atoms with Crippen molar-refractivity contribution in [2.75, 3.05) is 4.90 Å². The second-order valence-electron chi connectivity index (χ2n) is 4.70. The lowest BCUT2D eigenvalue weighted by molar-refractivity contribution is 0.670. The quantitative estimate of drug-likeness (QED) is 0.781. The van der Waals surface area contributed by atoms with E-state index < -0.39 is 0 Å². The summed E-state index contributed by atoms with van der Waals surface area (Å²) in [6, 6.07) is 4.58. The lowest BCUT2D eigenvalue weighted by Crippen LogP contribution is -2.31. The zero-order valence-electron chi connectivity index (χ0n) is 11.4. The summed E-state index contributed by atoms with van der Waals surface area (Å²) >= 11 is 7.77. The third kappa shape index (κ3) is 3.45. The minimum Gasteiger partial charge on any atom is -0.349 e. The molecule has 0 aliphatic carbocycles. The predicted molar refractivity (Wildman–Crippen MR) is 82.0 cm³/mol. The number of alkyl halides is 1. The molecular formula is C14H18ClN3S. The zero-order valence-corrected chi connectivity index (χ0v) is 13.0. The second-order valence-corrected chi connectivity index (χ2v) is 6.00. The largest absolute Gasteiger partial charge is 0.349 e. The molecule has 19 heavy (non-hydrogen) atoms. The summed E-state index contributed by atoms with van der Waals surface area (Å²) in [5.41, 5.74) is 0.984. The van der Waals surface area contributed by atoms with E-state index in [1.807, 2.05) is 13.1 Å². The van der Waals surface area contributed by atoms with Crippen LogP contribution in [0.2, 0.25) is 0 Å². The van der Waals surface area contributed by atoms with E-state index in [0.29, 0.717) is 11.9 Å². The first-order chi connectivity index (χ1) is 9.11. The highest BCUT2D eigenvalue weighted by atomic mass is 35.5. The summed E-state index contributed by atoms with van der Waals surface area (Å²) in [5, 5.41) is 2.10. The number of thiophene rings is 1. The Labute approximate surface area is 123 Å². The molecule has 2 rings (SSSR count). The molecule has 2 aromatic rings. The smallest absolute Gasteiger partial charge is 0.137 e. The topological polar surface area (TPSA) is 29.0 Å². The number of halogens is 1. The summed E-state index contributed by atoms with van der Waals surface area (Å²) in [7, 11) is 0. The van der Waals surface area contributed by atoms with Gasteiger partial charge in [0.1, 0.15) is 11.6 Å². The van der Waals surface area contributed by atoms with Gasteiger partial charge in [-0.1, -0.05) is 6.07 Å². The van der Waals surface area contributed by atoms with Crippen molar-refractivity contribution in [2.24, 2.45) is 0 Å². The summed E-state index contributed by atoms with van der Waals surface area (Å²) in [5.74, 6) is 2.16. The first kappa shape index (κ1) is 14.3. The maximum atomic E-state index is 6.01. The van der Waals surface area contributed by atoms with Gasteiger partial charge in [-0.15, -0.1) is 22.9 Å². The molecule has 0 spiro atoms. The van der Waals surface area contributed by atoms with Crippen LogP contribution in [0, 0.1) is 6.92 Å². The summed E-state index contributed by atoms with van der Waals surface area (Å²) in [4.78, 5) is 12.4. The molecule has 2 aromatic heterocycles. The lowest BCUT2D eigenvalue weighted by Gasteiger charge is -2.29. The van der Waals surface area contributed by atoms with Crippen LogP contribution in [0.3, 0.4) is 0 Å². The Morgan fingerprint density at radius 3 is 2.79 bits per heavy atom. The van der Waals surface area contributed by atoms with Gasteiger partial charge in [-0.25, -0.2) is 9.97 Å². The molecule has 0 aliphatic heterocycles. The van der Waals surface area contributed by atoms with Crippen LogP contribution in [0.25, 0.3) is 0 Å². The third-order valence-corrected chi connectivity index (χ3v) is 4.06. The molecule has 0 aliphatic rings. The Hall–Kier alpha value is -1.13. The Morgan fingerprint density at radius 1 is 1.42 bits per heavy atom. The van der Waals surface area contributed by atoms with Crippen molar-refractivity contribution in [3.05, 3.63) is 40.0 Å². The van der Waals surface area contributed by atoms with Crippen molar-refractivity contribution in [3.8, 4) is 0 Å². The number of nitrogens with zero attached hydrogens (tertiary/aromatic N) is 3. The molecule has 2 heterocycles. The first-order valence-electron chi connectivity index (χ1n) is 6.29. The number of hydrogen-bond donors (Lipinski definition) is 0. The van der Waals surface area contributed by atoms with Gasteiger partial charge in [0.25, 0.3) is 0 Å². The van der Waals surface area contributed by atoms with Crippen molar-refractivity contribution in [2.45, 2.75) is 39.2 Å².